The van der Waals surface area contributed by atoms with Crippen LogP contribution in [0.25, 0.3) is 43.6 Å². The van der Waals surface area contributed by atoms with Crippen LogP contribution >= 0.6 is 15.5 Å². The first-order valence-corrected chi connectivity index (χ1v) is 20.1. The molecule has 0 fully saturated rings. The number of hydrogen-bond acceptors (Lipinski definition) is 2. The zero-order valence-corrected chi connectivity index (χ0v) is 35.7. The first kappa shape index (κ1) is 38.4. The second kappa shape index (κ2) is 17.6. The van der Waals surface area contributed by atoms with Gasteiger partial charge in [0.2, 0.25) is 0 Å². The summed E-state index contributed by atoms with van der Waals surface area (Å²) in [5, 5.41) is 5.13. The molecule has 0 saturated carbocycles. The summed E-state index contributed by atoms with van der Waals surface area (Å²) >= 11 is 0. The Morgan fingerprint density at radius 3 is 0.880 bits per heavy atom. The molecule has 0 aliphatic rings. The van der Waals surface area contributed by atoms with Gasteiger partial charge in [0, 0.05) is 36.2 Å². The molecule has 50 heavy (non-hydrogen) atoms. The molecule has 0 spiro atoms. The quantitative estimate of drug-likeness (QED) is 0.139. The van der Waals surface area contributed by atoms with Gasteiger partial charge in [0.25, 0.3) is 0 Å². The van der Waals surface area contributed by atoms with Gasteiger partial charge in [-0.05, 0) is 70.1 Å². The number of aryl methyl sites for hydroxylation is 2. The van der Waals surface area contributed by atoms with Crippen LogP contribution in [0.15, 0.2) is 158 Å². The molecule has 0 amide bonds. The van der Waals surface area contributed by atoms with Crippen molar-refractivity contribution in [1.82, 2.24) is 9.13 Å². The molecule has 4 nitrogen and oxygen atoms in total. The number of benzene rings is 6. The van der Waals surface area contributed by atoms with Gasteiger partial charge in [0.1, 0.15) is 0 Å². The minimum absolute atomic E-state index is 0. The summed E-state index contributed by atoms with van der Waals surface area (Å²) in [5.74, 6) is 1.88. The molecule has 0 N–H and O–H groups in total. The molecular weight excluding hydrogens is 672 g/mol. The van der Waals surface area contributed by atoms with Crippen LogP contribution in [0.4, 0.5) is 0 Å². The Kier molecular flexibility index (Phi) is 13.5. The normalized spacial score (nSPS) is 11.9. The molecule has 2 atom stereocenters. The monoisotopic (exact) mass is 712 g/mol. The van der Waals surface area contributed by atoms with E-state index in [1.807, 2.05) is 60.7 Å². The average molecular weight is 713 g/mol. The maximum absolute atomic E-state index is 6.35. The molecule has 8 aromatic rings. The van der Waals surface area contributed by atoms with Gasteiger partial charge >= 0.3 is 59.1 Å². The van der Waals surface area contributed by atoms with Crippen molar-refractivity contribution in [1.29, 1.82) is 0 Å². The maximum Gasteiger partial charge on any atom is 1.00 e. The van der Waals surface area contributed by atoms with Crippen molar-refractivity contribution >= 4 is 59.2 Å². The van der Waals surface area contributed by atoms with Crippen LogP contribution in [0.3, 0.4) is 0 Å². The molecule has 2 aromatic heterocycles. The first-order valence-electron chi connectivity index (χ1n) is 16.2. The van der Waals surface area contributed by atoms with Crippen LogP contribution in [0.2, 0.25) is 0 Å². The van der Waals surface area contributed by atoms with Gasteiger partial charge in [-0.25, -0.2) is 0 Å². The number of rotatable bonds is 4. The van der Waals surface area contributed by atoms with Crippen LogP contribution in [-0.4, -0.2) is 22.5 Å². The Hall–Kier alpha value is -2.88. The number of pyridine rings is 2. The molecule has 242 valence electrons. The molecule has 6 aromatic carbocycles. The van der Waals surface area contributed by atoms with E-state index in [0.29, 0.717) is 0 Å². The van der Waals surface area contributed by atoms with Crippen molar-refractivity contribution in [2.45, 2.75) is 0 Å². The third-order valence-electron chi connectivity index (χ3n) is 8.87. The third kappa shape index (κ3) is 7.95. The van der Waals surface area contributed by atoms with Crippen molar-refractivity contribution in [2.75, 3.05) is 13.3 Å². The predicted molar refractivity (Wildman–Crippen MR) is 210 cm³/mol. The Labute approximate surface area is 339 Å². The molecule has 8 rings (SSSR count). The second-order valence-corrected chi connectivity index (χ2v) is 15.5. The van der Waals surface area contributed by atoms with Crippen LogP contribution in [0.5, 0.6) is 11.5 Å². The van der Waals surface area contributed by atoms with Crippen LogP contribution in [0.1, 0.15) is 0 Å². The fourth-order valence-corrected chi connectivity index (χ4v) is 10.2. The minimum Gasteiger partial charge on any atom is -0.622 e. The molecule has 0 radical (unpaired) electrons. The van der Waals surface area contributed by atoms with Gasteiger partial charge in [-0.15, -0.1) is 38.8 Å². The average Bonchev–Trinajstić information content (AvgIpc) is 3.13. The van der Waals surface area contributed by atoms with E-state index >= 15 is 0 Å². The van der Waals surface area contributed by atoms with E-state index < -0.39 is 15.5 Å². The largest absolute Gasteiger partial charge is 1.00 e. The molecule has 8 heteroatoms. The molecule has 2 unspecified atom stereocenters. The molecule has 0 aliphatic heterocycles. The first-order chi connectivity index (χ1) is 23.5. The van der Waals surface area contributed by atoms with Gasteiger partial charge < -0.3 is 18.2 Å². The Balaban J connectivity index is 0.000000187. The smallest absolute Gasteiger partial charge is 0.622 e. The van der Waals surface area contributed by atoms with E-state index in [0.717, 1.165) is 11.5 Å². The topological polar surface area (TPSA) is 28.3 Å². The van der Waals surface area contributed by atoms with Crippen molar-refractivity contribution in [3.05, 3.63) is 168 Å². The van der Waals surface area contributed by atoms with Gasteiger partial charge in [0.15, 0.2) is 0 Å². The number of hydrogen-bond donors (Lipinski definition) is 0. The Morgan fingerprint density at radius 2 is 0.600 bits per heavy atom. The number of fused-ring (bicyclic) bond motifs is 4. The predicted octanol–water partition coefficient (Wildman–Crippen LogP) is 5.41. The van der Waals surface area contributed by atoms with E-state index in [-0.39, 0.29) is 59.1 Å². The number of aromatic nitrogens is 2. The van der Waals surface area contributed by atoms with E-state index in [4.69, 9.17) is 9.05 Å². The SMILES string of the molecule is Cn1c2ccccc2c(=[PH-](C)Oc2ccccc2)c2ccccc21.Cn1c2ccccc2c(=[PH-](C)Oc2ccccc2)c2ccccc21.[Na+].[Na+]. The number of nitrogens with zero attached hydrogens (tertiary/aromatic N) is 2. The van der Waals surface area contributed by atoms with E-state index in [2.05, 4.69) is 134 Å². The van der Waals surface area contributed by atoms with Crippen molar-refractivity contribution < 1.29 is 68.2 Å². The molecule has 0 bridgehead atoms. The van der Waals surface area contributed by atoms with Crippen molar-refractivity contribution in [3.8, 4) is 11.5 Å². The molecule has 2 heterocycles. The fraction of sp³-hybridized carbons (Fsp3) is 0.0952. The Bertz CT molecular complexity index is 2270. The summed E-state index contributed by atoms with van der Waals surface area (Å²) in [6.45, 7) is 4.46. The van der Waals surface area contributed by atoms with Gasteiger partial charge in [-0.2, -0.15) is 0 Å². The van der Waals surface area contributed by atoms with Gasteiger partial charge in [-0.1, -0.05) is 109 Å². The summed E-state index contributed by atoms with van der Waals surface area (Å²) in [7, 11) is 1.87. The summed E-state index contributed by atoms with van der Waals surface area (Å²) in [6.07, 6.45) is 0. The third-order valence-corrected chi connectivity index (χ3v) is 12.4. The van der Waals surface area contributed by atoms with E-state index in [1.54, 1.807) is 0 Å². The zero-order chi connectivity index (χ0) is 33.0. The number of para-hydroxylation sites is 6. The zero-order valence-electron chi connectivity index (χ0n) is 29.7. The molecule has 0 aliphatic carbocycles. The van der Waals surface area contributed by atoms with Crippen molar-refractivity contribution in [2.24, 2.45) is 14.1 Å². The minimum atomic E-state index is -1.20. The summed E-state index contributed by atoms with van der Waals surface area (Å²) in [4.78, 5) is 2.68. The maximum atomic E-state index is 6.35. The fourth-order valence-electron chi connectivity index (χ4n) is 6.65. The molecular formula is C42H40N2Na2O2P2. The standard InChI is InChI=1S/2C21H20NOP.2Na/c2*1-22-19-14-8-6-12-17(19)21(18-13-7-9-15-20(18)22)24(2)23-16-10-4-3-5-11-16;;/h2*3-15,24H,1-2H3;;/q2*-1;2*+1. The summed E-state index contributed by atoms with van der Waals surface area (Å²) in [6, 6.07) is 54.6. The van der Waals surface area contributed by atoms with Crippen LogP contribution in [-0.2, 0) is 14.1 Å². The van der Waals surface area contributed by atoms with Gasteiger partial charge in [-0.3, -0.25) is 0 Å². The second-order valence-electron chi connectivity index (χ2n) is 11.9. The summed E-state index contributed by atoms with van der Waals surface area (Å²) in [5.41, 5.74) is 4.97. The van der Waals surface area contributed by atoms with E-state index in [9.17, 15) is 0 Å². The molecule has 0 saturated heterocycles. The Morgan fingerprint density at radius 1 is 0.360 bits per heavy atom. The van der Waals surface area contributed by atoms with E-state index in [1.165, 1.54) is 53.5 Å². The summed E-state index contributed by atoms with van der Waals surface area (Å²) < 4.78 is 17.2. The van der Waals surface area contributed by atoms with Crippen LogP contribution < -0.4 is 68.2 Å². The van der Waals surface area contributed by atoms with Crippen LogP contribution in [0, 0.1) is 9.88 Å². The van der Waals surface area contributed by atoms with Gasteiger partial charge in [0.05, 0.1) is 11.5 Å². The van der Waals surface area contributed by atoms with Crippen molar-refractivity contribution in [3.63, 3.8) is 0 Å².